The Morgan fingerprint density at radius 2 is 0.727 bits per heavy atom. The van der Waals surface area contributed by atoms with Crippen LogP contribution in [0.1, 0.15) is 0 Å². The summed E-state index contributed by atoms with van der Waals surface area (Å²) in [6, 6.07) is 72.3. The first-order valence-corrected chi connectivity index (χ1v) is 18.5. The van der Waals surface area contributed by atoms with Crippen molar-refractivity contribution in [1.82, 2.24) is 19.5 Å². The Hall–Kier alpha value is -7.43. The molecule has 0 atom stereocenters. The molecule has 0 radical (unpaired) electrons. The number of aromatic nitrogens is 4. The normalized spacial score (nSPS) is 11.3. The molecule has 258 valence electrons. The second-order valence-electron chi connectivity index (χ2n) is 13.7. The van der Waals surface area contributed by atoms with Crippen molar-refractivity contribution in [3.8, 4) is 73.2 Å². The first-order valence-electron chi connectivity index (χ1n) is 18.5. The van der Waals surface area contributed by atoms with Crippen LogP contribution in [0.5, 0.6) is 0 Å². The van der Waals surface area contributed by atoms with Gasteiger partial charge in [-0.3, -0.25) is 0 Å². The zero-order valence-electron chi connectivity index (χ0n) is 29.9. The average Bonchev–Trinajstić information content (AvgIpc) is 3.61. The Balaban J connectivity index is 1.24. The summed E-state index contributed by atoms with van der Waals surface area (Å²) in [5, 5.41) is 2.37. The van der Waals surface area contributed by atoms with Gasteiger partial charge in [0, 0.05) is 27.5 Å². The molecule has 4 nitrogen and oxygen atoms in total. The van der Waals surface area contributed by atoms with E-state index >= 15 is 0 Å². The minimum atomic E-state index is 0.607. The Kier molecular flexibility index (Phi) is 8.12. The third-order valence-electron chi connectivity index (χ3n) is 10.3. The Morgan fingerprint density at radius 1 is 0.273 bits per heavy atom. The van der Waals surface area contributed by atoms with Crippen molar-refractivity contribution < 1.29 is 0 Å². The molecule has 0 spiro atoms. The molecule has 0 amide bonds. The summed E-state index contributed by atoms with van der Waals surface area (Å²) in [6.45, 7) is 0. The van der Waals surface area contributed by atoms with E-state index < -0.39 is 0 Å². The number of hydrogen-bond acceptors (Lipinski definition) is 3. The molecule has 10 rings (SSSR count). The van der Waals surface area contributed by atoms with Crippen LogP contribution in [0.25, 0.3) is 95.0 Å². The van der Waals surface area contributed by atoms with Gasteiger partial charge in [-0.1, -0.05) is 170 Å². The van der Waals surface area contributed by atoms with Crippen LogP contribution in [-0.2, 0) is 0 Å². The number of nitrogens with zero attached hydrogens (tertiary/aromatic N) is 4. The fraction of sp³-hybridized carbons (Fsp3) is 0. The van der Waals surface area contributed by atoms with Crippen molar-refractivity contribution in [1.29, 1.82) is 0 Å². The summed E-state index contributed by atoms with van der Waals surface area (Å²) in [6.07, 6.45) is 0. The van der Waals surface area contributed by atoms with E-state index in [9.17, 15) is 0 Å². The van der Waals surface area contributed by atoms with E-state index in [1.165, 1.54) is 21.9 Å². The second kappa shape index (κ2) is 13.8. The molecule has 0 aliphatic rings. The van der Waals surface area contributed by atoms with E-state index in [-0.39, 0.29) is 0 Å². The van der Waals surface area contributed by atoms with Gasteiger partial charge in [-0.15, -0.1) is 0 Å². The van der Waals surface area contributed by atoms with Crippen LogP contribution in [0.3, 0.4) is 0 Å². The van der Waals surface area contributed by atoms with E-state index in [4.69, 9.17) is 15.0 Å². The Morgan fingerprint density at radius 3 is 1.38 bits per heavy atom. The van der Waals surface area contributed by atoms with Crippen molar-refractivity contribution in [2.24, 2.45) is 0 Å². The average molecular weight is 703 g/mol. The van der Waals surface area contributed by atoms with Crippen LogP contribution >= 0.6 is 0 Å². The third-order valence-corrected chi connectivity index (χ3v) is 10.3. The van der Waals surface area contributed by atoms with Crippen molar-refractivity contribution in [2.75, 3.05) is 0 Å². The summed E-state index contributed by atoms with van der Waals surface area (Å²) in [7, 11) is 0. The SMILES string of the molecule is c1ccc(-c2cccc(-c3nc(-c4ccccc4)nc(-c4ccc(-c5ccccc5)cc4-n4c5ccccc5c5cc(-c6ccccc6)ccc54)n3)c2)cc1. The number of rotatable bonds is 7. The van der Waals surface area contributed by atoms with Gasteiger partial charge in [0.25, 0.3) is 0 Å². The zero-order valence-corrected chi connectivity index (χ0v) is 29.9. The Labute approximate surface area is 319 Å². The van der Waals surface area contributed by atoms with Crippen molar-refractivity contribution in [2.45, 2.75) is 0 Å². The molecular formula is C51H34N4. The van der Waals surface area contributed by atoms with E-state index in [1.54, 1.807) is 0 Å². The van der Waals surface area contributed by atoms with Gasteiger partial charge in [0.1, 0.15) is 0 Å². The molecule has 10 aromatic rings. The van der Waals surface area contributed by atoms with E-state index in [0.717, 1.165) is 55.7 Å². The van der Waals surface area contributed by atoms with Gasteiger partial charge in [-0.2, -0.15) is 0 Å². The van der Waals surface area contributed by atoms with Gasteiger partial charge >= 0.3 is 0 Å². The van der Waals surface area contributed by atoms with Crippen LogP contribution in [0.15, 0.2) is 206 Å². The molecule has 55 heavy (non-hydrogen) atoms. The fourth-order valence-corrected chi connectivity index (χ4v) is 7.57. The fourth-order valence-electron chi connectivity index (χ4n) is 7.57. The quantitative estimate of drug-likeness (QED) is 0.166. The van der Waals surface area contributed by atoms with Crippen LogP contribution in [-0.4, -0.2) is 19.5 Å². The highest BCUT2D eigenvalue weighted by atomic mass is 15.1. The summed E-state index contributed by atoms with van der Waals surface area (Å²) in [5.41, 5.74) is 12.9. The summed E-state index contributed by atoms with van der Waals surface area (Å²) in [4.78, 5) is 15.6. The van der Waals surface area contributed by atoms with Gasteiger partial charge in [-0.05, 0) is 69.8 Å². The molecule has 0 fully saturated rings. The minimum absolute atomic E-state index is 0.607. The summed E-state index contributed by atoms with van der Waals surface area (Å²) >= 11 is 0. The second-order valence-corrected chi connectivity index (χ2v) is 13.7. The minimum Gasteiger partial charge on any atom is -0.308 e. The van der Waals surface area contributed by atoms with Crippen LogP contribution in [0, 0.1) is 0 Å². The zero-order chi connectivity index (χ0) is 36.6. The van der Waals surface area contributed by atoms with Crippen LogP contribution < -0.4 is 0 Å². The van der Waals surface area contributed by atoms with Gasteiger partial charge in [0.2, 0.25) is 0 Å². The van der Waals surface area contributed by atoms with E-state index in [1.807, 2.05) is 24.3 Å². The first kappa shape index (κ1) is 32.2. The molecule has 0 N–H and O–H groups in total. The lowest BCUT2D eigenvalue weighted by molar-refractivity contribution is 1.06. The van der Waals surface area contributed by atoms with E-state index in [0.29, 0.717) is 17.5 Å². The highest BCUT2D eigenvalue weighted by molar-refractivity contribution is 6.11. The molecule has 0 unspecified atom stereocenters. The first-order chi connectivity index (χ1) is 27.3. The molecule has 0 aliphatic carbocycles. The number of hydrogen-bond donors (Lipinski definition) is 0. The Bertz CT molecular complexity index is 2950. The highest BCUT2D eigenvalue weighted by Crippen LogP contribution is 2.39. The standard InChI is InChI=1S/C51H34N4/c1-5-16-35(17-6-1)39-24-15-25-42(32-39)50-52-49(38-22-11-4-12-23-38)53-51(54-50)44-30-28-41(37-20-9-3-10-21-37)34-48(44)55-46-27-14-13-26-43(46)45-33-40(29-31-47(45)55)36-18-7-2-8-19-36/h1-34H. The predicted octanol–water partition coefficient (Wildman–Crippen LogP) is 13.0. The number of benzene rings is 8. The van der Waals surface area contributed by atoms with Gasteiger partial charge in [0.05, 0.1) is 16.7 Å². The van der Waals surface area contributed by atoms with Gasteiger partial charge in [-0.25, -0.2) is 15.0 Å². The van der Waals surface area contributed by atoms with Crippen LogP contribution in [0.4, 0.5) is 0 Å². The lowest BCUT2D eigenvalue weighted by Gasteiger charge is -2.16. The summed E-state index contributed by atoms with van der Waals surface area (Å²) in [5.74, 6) is 1.85. The molecular weight excluding hydrogens is 669 g/mol. The van der Waals surface area contributed by atoms with E-state index in [2.05, 4.69) is 187 Å². The lowest BCUT2D eigenvalue weighted by Crippen LogP contribution is -2.04. The maximum atomic E-state index is 5.29. The van der Waals surface area contributed by atoms with Crippen molar-refractivity contribution in [3.05, 3.63) is 206 Å². The number of fused-ring (bicyclic) bond motifs is 3. The molecule has 0 bridgehead atoms. The lowest BCUT2D eigenvalue weighted by atomic mass is 10.0. The monoisotopic (exact) mass is 702 g/mol. The molecule has 2 aromatic heterocycles. The number of para-hydroxylation sites is 1. The molecule has 2 heterocycles. The topological polar surface area (TPSA) is 43.6 Å². The van der Waals surface area contributed by atoms with Gasteiger partial charge < -0.3 is 4.57 Å². The maximum Gasteiger partial charge on any atom is 0.166 e. The molecule has 0 aliphatic heterocycles. The summed E-state index contributed by atoms with van der Waals surface area (Å²) < 4.78 is 2.38. The molecule has 4 heteroatoms. The molecule has 0 saturated carbocycles. The largest absolute Gasteiger partial charge is 0.308 e. The van der Waals surface area contributed by atoms with Crippen molar-refractivity contribution >= 4 is 21.8 Å². The molecule has 0 saturated heterocycles. The predicted molar refractivity (Wildman–Crippen MR) is 227 cm³/mol. The maximum absolute atomic E-state index is 5.29. The smallest absolute Gasteiger partial charge is 0.166 e. The highest BCUT2D eigenvalue weighted by Gasteiger charge is 2.21. The molecule has 8 aromatic carbocycles. The third kappa shape index (κ3) is 6.06. The van der Waals surface area contributed by atoms with Crippen LogP contribution in [0.2, 0.25) is 0 Å². The van der Waals surface area contributed by atoms with Crippen molar-refractivity contribution in [3.63, 3.8) is 0 Å². The van der Waals surface area contributed by atoms with Gasteiger partial charge in [0.15, 0.2) is 17.5 Å².